The molecule has 17 heavy (non-hydrogen) atoms. The Kier molecular flexibility index (Phi) is 5.61. The molecule has 0 saturated carbocycles. The molecule has 0 aliphatic rings. The van der Waals surface area contributed by atoms with Gasteiger partial charge in [0.05, 0.1) is 6.26 Å². The maximum atomic E-state index is 11.2. The molecule has 0 aliphatic carbocycles. The predicted octanol–water partition coefficient (Wildman–Crippen LogP) is 0.756. The molecule has 0 spiro atoms. The van der Waals surface area contributed by atoms with E-state index in [-0.39, 0.29) is 6.04 Å². The van der Waals surface area contributed by atoms with Gasteiger partial charge in [-0.3, -0.25) is 0 Å². The SMILES string of the molecule is CNCC(CCc1ccccc1)NS(C)(=O)=O. The summed E-state index contributed by atoms with van der Waals surface area (Å²) in [5.41, 5.74) is 1.23. The Hall–Kier alpha value is -0.910. The zero-order chi connectivity index (χ0) is 12.7. The zero-order valence-electron chi connectivity index (χ0n) is 10.3. The van der Waals surface area contributed by atoms with Crippen LogP contribution in [0.25, 0.3) is 0 Å². The minimum absolute atomic E-state index is 0.0600. The van der Waals surface area contributed by atoms with Crippen molar-refractivity contribution in [2.75, 3.05) is 19.8 Å². The van der Waals surface area contributed by atoms with Crippen LogP contribution in [0, 0.1) is 0 Å². The molecule has 96 valence electrons. The number of rotatable bonds is 7. The molecule has 1 rings (SSSR count). The van der Waals surface area contributed by atoms with Gasteiger partial charge in [0, 0.05) is 12.6 Å². The second-order valence-electron chi connectivity index (χ2n) is 4.17. The number of hydrogen-bond acceptors (Lipinski definition) is 3. The molecule has 1 atom stereocenters. The second kappa shape index (κ2) is 6.74. The normalized spacial score (nSPS) is 13.5. The van der Waals surface area contributed by atoms with Crippen LogP contribution >= 0.6 is 0 Å². The van der Waals surface area contributed by atoms with E-state index in [0.29, 0.717) is 6.54 Å². The van der Waals surface area contributed by atoms with E-state index in [9.17, 15) is 8.42 Å². The molecule has 0 amide bonds. The van der Waals surface area contributed by atoms with Gasteiger partial charge in [-0.1, -0.05) is 30.3 Å². The third kappa shape index (κ3) is 6.41. The highest BCUT2D eigenvalue weighted by Crippen LogP contribution is 2.05. The van der Waals surface area contributed by atoms with Gasteiger partial charge in [-0.25, -0.2) is 13.1 Å². The van der Waals surface area contributed by atoms with Crippen molar-refractivity contribution in [1.82, 2.24) is 10.0 Å². The van der Waals surface area contributed by atoms with Gasteiger partial charge in [-0.15, -0.1) is 0 Å². The quantitative estimate of drug-likeness (QED) is 0.757. The number of sulfonamides is 1. The Bertz CT molecular complexity index is 417. The summed E-state index contributed by atoms with van der Waals surface area (Å²) in [5, 5.41) is 3.00. The molecule has 4 nitrogen and oxygen atoms in total. The predicted molar refractivity (Wildman–Crippen MR) is 70.5 cm³/mol. The monoisotopic (exact) mass is 256 g/mol. The molecule has 0 aromatic heterocycles. The molecule has 2 N–H and O–H groups in total. The summed E-state index contributed by atoms with van der Waals surface area (Å²) in [6.07, 6.45) is 2.85. The summed E-state index contributed by atoms with van der Waals surface area (Å²) in [6, 6.07) is 10.0. The van der Waals surface area contributed by atoms with Crippen molar-refractivity contribution in [3.63, 3.8) is 0 Å². The number of hydrogen-bond donors (Lipinski definition) is 2. The van der Waals surface area contributed by atoms with Gasteiger partial charge in [0.1, 0.15) is 0 Å². The molecule has 1 aromatic rings. The van der Waals surface area contributed by atoms with E-state index in [4.69, 9.17) is 0 Å². The van der Waals surface area contributed by atoms with Crippen LogP contribution < -0.4 is 10.0 Å². The van der Waals surface area contributed by atoms with E-state index in [1.807, 2.05) is 25.2 Å². The first-order valence-electron chi connectivity index (χ1n) is 5.67. The molecular weight excluding hydrogens is 236 g/mol. The van der Waals surface area contributed by atoms with E-state index in [0.717, 1.165) is 12.8 Å². The summed E-state index contributed by atoms with van der Waals surface area (Å²) in [7, 11) is -1.32. The van der Waals surface area contributed by atoms with E-state index >= 15 is 0 Å². The lowest BCUT2D eigenvalue weighted by molar-refractivity contribution is 0.513. The summed E-state index contributed by atoms with van der Waals surface area (Å²) >= 11 is 0. The van der Waals surface area contributed by atoms with Gasteiger partial charge >= 0.3 is 0 Å². The number of likely N-dealkylation sites (N-methyl/N-ethyl adjacent to an activating group) is 1. The summed E-state index contributed by atoms with van der Waals surface area (Å²) in [6.45, 7) is 0.639. The van der Waals surface area contributed by atoms with Gasteiger partial charge in [0.25, 0.3) is 0 Å². The van der Waals surface area contributed by atoms with E-state index in [1.54, 1.807) is 0 Å². The van der Waals surface area contributed by atoms with Crippen LogP contribution in [0.2, 0.25) is 0 Å². The van der Waals surface area contributed by atoms with Crippen molar-refractivity contribution in [2.24, 2.45) is 0 Å². The average Bonchev–Trinajstić information content (AvgIpc) is 2.26. The molecule has 0 radical (unpaired) electrons. The zero-order valence-corrected chi connectivity index (χ0v) is 11.1. The van der Waals surface area contributed by atoms with Gasteiger partial charge in [-0.05, 0) is 25.5 Å². The smallest absolute Gasteiger partial charge is 0.208 e. The minimum Gasteiger partial charge on any atom is -0.318 e. The van der Waals surface area contributed by atoms with Crippen LogP contribution in [-0.4, -0.2) is 34.3 Å². The molecule has 0 saturated heterocycles. The van der Waals surface area contributed by atoms with Gasteiger partial charge < -0.3 is 5.32 Å². The Labute approximate surface area is 103 Å². The standard InChI is InChI=1S/C12H20N2O2S/c1-13-10-12(14-17(2,15)16)9-8-11-6-4-3-5-7-11/h3-7,12-14H,8-10H2,1-2H3. The largest absolute Gasteiger partial charge is 0.318 e. The van der Waals surface area contributed by atoms with Crippen LogP contribution in [0.5, 0.6) is 0 Å². The van der Waals surface area contributed by atoms with Crippen LogP contribution in [0.3, 0.4) is 0 Å². The Morgan fingerprint density at radius 3 is 2.41 bits per heavy atom. The maximum Gasteiger partial charge on any atom is 0.208 e. The van der Waals surface area contributed by atoms with E-state index in [1.165, 1.54) is 11.8 Å². The van der Waals surface area contributed by atoms with Crippen molar-refractivity contribution in [2.45, 2.75) is 18.9 Å². The average molecular weight is 256 g/mol. The number of nitrogens with one attached hydrogen (secondary N) is 2. The Balaban J connectivity index is 2.50. The highest BCUT2D eigenvalue weighted by atomic mass is 32.2. The van der Waals surface area contributed by atoms with E-state index < -0.39 is 10.0 Å². The molecular formula is C12H20N2O2S. The van der Waals surface area contributed by atoms with Crippen LogP contribution in [0.1, 0.15) is 12.0 Å². The molecule has 0 fully saturated rings. The summed E-state index contributed by atoms with van der Waals surface area (Å²) in [4.78, 5) is 0. The van der Waals surface area contributed by atoms with Crippen molar-refractivity contribution in [1.29, 1.82) is 0 Å². The molecule has 0 bridgehead atoms. The third-order valence-electron chi connectivity index (χ3n) is 2.46. The lowest BCUT2D eigenvalue weighted by Gasteiger charge is -2.16. The van der Waals surface area contributed by atoms with Gasteiger partial charge in [0.2, 0.25) is 10.0 Å². The van der Waals surface area contributed by atoms with Gasteiger partial charge in [0.15, 0.2) is 0 Å². The van der Waals surface area contributed by atoms with Crippen LogP contribution in [0.15, 0.2) is 30.3 Å². The lowest BCUT2D eigenvalue weighted by Crippen LogP contribution is -2.40. The Morgan fingerprint density at radius 2 is 1.88 bits per heavy atom. The molecule has 5 heteroatoms. The fourth-order valence-corrected chi connectivity index (χ4v) is 2.54. The van der Waals surface area contributed by atoms with Crippen LogP contribution in [-0.2, 0) is 16.4 Å². The first kappa shape index (κ1) is 14.2. The van der Waals surface area contributed by atoms with Gasteiger partial charge in [-0.2, -0.15) is 0 Å². The van der Waals surface area contributed by atoms with Crippen molar-refractivity contribution >= 4 is 10.0 Å². The fraction of sp³-hybridized carbons (Fsp3) is 0.500. The minimum atomic E-state index is -3.14. The fourth-order valence-electron chi connectivity index (χ4n) is 1.74. The first-order chi connectivity index (χ1) is 8.01. The third-order valence-corrected chi connectivity index (χ3v) is 3.22. The molecule has 1 aromatic carbocycles. The summed E-state index contributed by atoms with van der Waals surface area (Å²) < 4.78 is 25.0. The lowest BCUT2D eigenvalue weighted by atomic mass is 10.1. The number of benzene rings is 1. The van der Waals surface area contributed by atoms with Crippen LogP contribution in [0.4, 0.5) is 0 Å². The second-order valence-corrected chi connectivity index (χ2v) is 5.95. The number of aryl methyl sites for hydroxylation is 1. The van der Waals surface area contributed by atoms with Crippen molar-refractivity contribution in [3.8, 4) is 0 Å². The van der Waals surface area contributed by atoms with Crippen molar-refractivity contribution in [3.05, 3.63) is 35.9 Å². The molecule has 0 heterocycles. The summed E-state index contributed by atoms with van der Waals surface area (Å²) in [5.74, 6) is 0. The molecule has 1 unspecified atom stereocenters. The Morgan fingerprint density at radius 1 is 1.24 bits per heavy atom. The molecule has 0 aliphatic heterocycles. The van der Waals surface area contributed by atoms with E-state index in [2.05, 4.69) is 22.2 Å². The first-order valence-corrected chi connectivity index (χ1v) is 7.56. The topological polar surface area (TPSA) is 58.2 Å². The highest BCUT2D eigenvalue weighted by Gasteiger charge is 2.12. The van der Waals surface area contributed by atoms with Crippen molar-refractivity contribution < 1.29 is 8.42 Å². The highest BCUT2D eigenvalue weighted by molar-refractivity contribution is 7.88. The maximum absolute atomic E-state index is 11.2.